The average molecular weight is 268 g/mol. The third-order valence-electron chi connectivity index (χ3n) is 4.58. The first-order chi connectivity index (χ1) is 9.33. The van der Waals surface area contributed by atoms with Gasteiger partial charge in [-0.05, 0) is 25.7 Å². The van der Waals surface area contributed by atoms with E-state index in [2.05, 4.69) is 13.8 Å². The highest BCUT2D eigenvalue weighted by atomic mass is 16.6. The lowest BCUT2D eigenvalue weighted by molar-refractivity contribution is -0.0351. The zero-order valence-corrected chi connectivity index (χ0v) is 12.9. The summed E-state index contributed by atoms with van der Waals surface area (Å²) in [6, 6.07) is 0. The third kappa shape index (κ3) is 5.43. The van der Waals surface area contributed by atoms with Crippen molar-refractivity contribution in [2.45, 2.75) is 109 Å². The van der Waals surface area contributed by atoms with Crippen LogP contribution in [0.2, 0.25) is 0 Å². The molecule has 19 heavy (non-hydrogen) atoms. The van der Waals surface area contributed by atoms with Crippen LogP contribution in [0.4, 0.5) is 0 Å². The molecule has 1 saturated heterocycles. The summed E-state index contributed by atoms with van der Waals surface area (Å²) < 4.78 is 12.0. The standard InChI is InChI=1S/C17H32O2/c1-3-5-6-7-8-10-14(9-4-2)18-15-11-12-16-17(13-15)19-16/h14-17H,3-13H2,1-2H3. The maximum absolute atomic E-state index is 6.36. The van der Waals surface area contributed by atoms with Gasteiger partial charge in [-0.25, -0.2) is 0 Å². The Kier molecular flexibility index (Phi) is 6.66. The molecule has 1 saturated carbocycles. The Balaban J connectivity index is 1.60. The van der Waals surface area contributed by atoms with Crippen LogP contribution in [0.3, 0.4) is 0 Å². The normalized spacial score (nSPS) is 30.9. The fraction of sp³-hybridized carbons (Fsp3) is 1.00. The van der Waals surface area contributed by atoms with Gasteiger partial charge in [-0.3, -0.25) is 0 Å². The summed E-state index contributed by atoms with van der Waals surface area (Å²) in [5.74, 6) is 0. The van der Waals surface area contributed by atoms with Crippen molar-refractivity contribution in [1.29, 1.82) is 0 Å². The highest BCUT2D eigenvalue weighted by molar-refractivity contribution is 4.92. The number of ether oxygens (including phenoxy) is 2. The molecule has 2 heteroatoms. The van der Waals surface area contributed by atoms with E-state index in [4.69, 9.17) is 9.47 Å². The van der Waals surface area contributed by atoms with Crippen molar-refractivity contribution < 1.29 is 9.47 Å². The summed E-state index contributed by atoms with van der Waals surface area (Å²) in [6.45, 7) is 4.55. The van der Waals surface area contributed by atoms with E-state index in [1.165, 1.54) is 64.2 Å². The van der Waals surface area contributed by atoms with Gasteiger partial charge in [0.05, 0.1) is 24.4 Å². The van der Waals surface area contributed by atoms with Gasteiger partial charge >= 0.3 is 0 Å². The SMILES string of the molecule is CCCCCCCC(CCC)OC1CCC2OC2C1. The lowest BCUT2D eigenvalue weighted by Crippen LogP contribution is -2.27. The predicted octanol–water partition coefficient (Wildman–Crippen LogP) is 4.85. The maximum atomic E-state index is 6.36. The van der Waals surface area contributed by atoms with Crippen molar-refractivity contribution in [3.63, 3.8) is 0 Å². The Morgan fingerprint density at radius 1 is 0.947 bits per heavy atom. The van der Waals surface area contributed by atoms with Crippen molar-refractivity contribution in [3.8, 4) is 0 Å². The van der Waals surface area contributed by atoms with Crippen LogP contribution in [0.5, 0.6) is 0 Å². The van der Waals surface area contributed by atoms with E-state index in [-0.39, 0.29) is 0 Å². The molecule has 2 fully saturated rings. The molecular formula is C17H32O2. The summed E-state index contributed by atoms with van der Waals surface area (Å²) in [7, 11) is 0. The van der Waals surface area contributed by atoms with Gasteiger partial charge < -0.3 is 9.47 Å². The number of epoxide rings is 1. The maximum Gasteiger partial charge on any atom is 0.0866 e. The van der Waals surface area contributed by atoms with E-state index in [9.17, 15) is 0 Å². The van der Waals surface area contributed by atoms with Crippen LogP contribution in [0, 0.1) is 0 Å². The molecule has 2 nitrogen and oxygen atoms in total. The summed E-state index contributed by atoms with van der Waals surface area (Å²) in [6.07, 6.45) is 16.3. The molecule has 1 heterocycles. The van der Waals surface area contributed by atoms with Crippen LogP contribution in [0.15, 0.2) is 0 Å². The summed E-state index contributed by atoms with van der Waals surface area (Å²) in [4.78, 5) is 0. The van der Waals surface area contributed by atoms with Crippen molar-refractivity contribution in [1.82, 2.24) is 0 Å². The first-order valence-electron chi connectivity index (χ1n) is 8.64. The molecule has 0 aromatic carbocycles. The quantitative estimate of drug-likeness (QED) is 0.417. The molecule has 2 rings (SSSR count). The molecule has 0 aromatic heterocycles. The minimum absolute atomic E-state index is 0.482. The second-order valence-electron chi connectivity index (χ2n) is 6.40. The molecule has 0 spiro atoms. The zero-order valence-electron chi connectivity index (χ0n) is 12.9. The Hall–Kier alpha value is -0.0800. The Bertz CT molecular complexity index is 241. The molecule has 112 valence electrons. The Morgan fingerprint density at radius 3 is 2.53 bits per heavy atom. The van der Waals surface area contributed by atoms with E-state index in [1.807, 2.05) is 0 Å². The fourth-order valence-corrected chi connectivity index (χ4v) is 3.34. The monoisotopic (exact) mass is 268 g/mol. The number of fused-ring (bicyclic) bond motifs is 1. The summed E-state index contributed by atoms with van der Waals surface area (Å²) in [5.41, 5.74) is 0. The molecule has 0 N–H and O–H groups in total. The number of hydrogen-bond acceptors (Lipinski definition) is 2. The van der Waals surface area contributed by atoms with E-state index < -0.39 is 0 Å². The molecule has 0 amide bonds. The molecular weight excluding hydrogens is 236 g/mol. The lowest BCUT2D eigenvalue weighted by Gasteiger charge is -2.26. The average Bonchev–Trinajstić information content (AvgIpc) is 3.17. The molecule has 4 unspecified atom stereocenters. The molecule has 4 atom stereocenters. The first-order valence-corrected chi connectivity index (χ1v) is 8.64. The van der Waals surface area contributed by atoms with Crippen molar-refractivity contribution >= 4 is 0 Å². The third-order valence-corrected chi connectivity index (χ3v) is 4.58. The lowest BCUT2D eigenvalue weighted by atomic mass is 9.97. The van der Waals surface area contributed by atoms with Gasteiger partial charge in [0.2, 0.25) is 0 Å². The van der Waals surface area contributed by atoms with Crippen LogP contribution in [-0.4, -0.2) is 24.4 Å². The van der Waals surface area contributed by atoms with Gasteiger partial charge in [-0.2, -0.15) is 0 Å². The Labute approximate surface area is 119 Å². The van der Waals surface area contributed by atoms with Gasteiger partial charge in [-0.15, -0.1) is 0 Å². The molecule has 0 bridgehead atoms. The predicted molar refractivity (Wildman–Crippen MR) is 79.5 cm³/mol. The van der Waals surface area contributed by atoms with Crippen LogP contribution in [0.25, 0.3) is 0 Å². The summed E-state index contributed by atoms with van der Waals surface area (Å²) >= 11 is 0. The smallest absolute Gasteiger partial charge is 0.0866 e. The largest absolute Gasteiger partial charge is 0.375 e. The second-order valence-corrected chi connectivity index (χ2v) is 6.40. The summed E-state index contributed by atoms with van der Waals surface area (Å²) in [5, 5.41) is 0. The number of hydrogen-bond donors (Lipinski definition) is 0. The van der Waals surface area contributed by atoms with Crippen LogP contribution in [0.1, 0.15) is 84.5 Å². The van der Waals surface area contributed by atoms with E-state index >= 15 is 0 Å². The second kappa shape index (κ2) is 8.26. The van der Waals surface area contributed by atoms with Crippen LogP contribution in [-0.2, 0) is 9.47 Å². The van der Waals surface area contributed by atoms with E-state index in [0.717, 1.165) is 6.42 Å². The first kappa shape index (κ1) is 15.3. The molecule has 0 aromatic rings. The van der Waals surface area contributed by atoms with Gasteiger partial charge in [0.25, 0.3) is 0 Å². The van der Waals surface area contributed by atoms with E-state index in [0.29, 0.717) is 24.4 Å². The van der Waals surface area contributed by atoms with Gasteiger partial charge in [0, 0.05) is 6.42 Å². The zero-order chi connectivity index (χ0) is 13.5. The minimum atomic E-state index is 0.482. The fourth-order valence-electron chi connectivity index (χ4n) is 3.34. The van der Waals surface area contributed by atoms with Crippen molar-refractivity contribution in [2.24, 2.45) is 0 Å². The number of unbranched alkanes of at least 4 members (excludes halogenated alkanes) is 4. The highest BCUT2D eigenvalue weighted by Gasteiger charge is 2.44. The van der Waals surface area contributed by atoms with Crippen LogP contribution >= 0.6 is 0 Å². The van der Waals surface area contributed by atoms with Crippen molar-refractivity contribution in [3.05, 3.63) is 0 Å². The molecule has 2 aliphatic rings. The topological polar surface area (TPSA) is 21.8 Å². The molecule has 1 aliphatic carbocycles. The van der Waals surface area contributed by atoms with Gasteiger partial charge in [0.1, 0.15) is 0 Å². The van der Waals surface area contributed by atoms with E-state index in [1.54, 1.807) is 0 Å². The number of rotatable bonds is 10. The highest BCUT2D eigenvalue weighted by Crippen LogP contribution is 2.38. The minimum Gasteiger partial charge on any atom is -0.375 e. The van der Waals surface area contributed by atoms with Gasteiger partial charge in [-0.1, -0.05) is 52.4 Å². The van der Waals surface area contributed by atoms with Crippen LogP contribution < -0.4 is 0 Å². The Morgan fingerprint density at radius 2 is 1.79 bits per heavy atom. The van der Waals surface area contributed by atoms with Gasteiger partial charge in [0.15, 0.2) is 0 Å². The van der Waals surface area contributed by atoms with Crippen molar-refractivity contribution in [2.75, 3.05) is 0 Å². The molecule has 1 aliphatic heterocycles. The molecule has 0 radical (unpaired) electrons.